The van der Waals surface area contributed by atoms with Crippen molar-refractivity contribution in [3.05, 3.63) is 23.8 Å². The fraction of sp³-hybridized carbons (Fsp3) is 0.611. The van der Waals surface area contributed by atoms with Crippen LogP contribution in [0.3, 0.4) is 0 Å². The molecule has 7 heteroatoms. The zero-order valence-electron chi connectivity index (χ0n) is 15.1. The minimum Gasteiger partial charge on any atom is -0.504 e. The van der Waals surface area contributed by atoms with Gasteiger partial charge in [0.15, 0.2) is 17.5 Å². The van der Waals surface area contributed by atoms with Crippen LogP contribution in [0.15, 0.2) is 23.2 Å². The Morgan fingerprint density at radius 1 is 1.32 bits per heavy atom. The van der Waals surface area contributed by atoms with Gasteiger partial charge in [-0.05, 0) is 38.2 Å². The number of ether oxygens (including phenoxy) is 2. The number of aliphatic imine (C=N–C) groups is 1. The van der Waals surface area contributed by atoms with Crippen molar-refractivity contribution < 1.29 is 14.6 Å². The number of methoxy groups -OCH3 is 1. The molecule has 0 unspecified atom stereocenters. The fourth-order valence-corrected chi connectivity index (χ4v) is 2.28. The second-order valence-corrected chi connectivity index (χ2v) is 5.96. The Bertz CT molecular complexity index is 536. The molecule has 3 N–H and O–H groups in total. The summed E-state index contributed by atoms with van der Waals surface area (Å²) in [6, 6.07) is 5.42. The predicted octanol–water partition coefficient (Wildman–Crippen LogP) is 2.89. The van der Waals surface area contributed by atoms with Crippen molar-refractivity contribution in [2.45, 2.75) is 32.7 Å². The van der Waals surface area contributed by atoms with Gasteiger partial charge >= 0.3 is 0 Å². The van der Waals surface area contributed by atoms with E-state index in [-0.39, 0.29) is 29.7 Å². The molecule has 1 aromatic carbocycles. The van der Waals surface area contributed by atoms with Crippen molar-refractivity contribution in [3.8, 4) is 11.5 Å². The van der Waals surface area contributed by atoms with Crippen LogP contribution in [0.2, 0.25) is 0 Å². The Labute approximate surface area is 167 Å². The lowest BCUT2D eigenvalue weighted by Crippen LogP contribution is -2.38. The number of benzene rings is 1. The molecule has 0 aliphatic heterocycles. The number of guanidine groups is 1. The molecule has 6 nitrogen and oxygen atoms in total. The summed E-state index contributed by atoms with van der Waals surface area (Å²) in [7, 11) is 1.54. The molecule has 2 rings (SSSR count). The number of para-hydroxylation sites is 1. The molecular formula is C18H30IN3O3. The number of aromatic hydroxyl groups is 1. The molecule has 0 atom stereocenters. The number of phenols is 1. The lowest BCUT2D eigenvalue weighted by Gasteiger charge is -2.12. The highest BCUT2D eigenvalue weighted by Gasteiger charge is 2.20. The molecule has 142 valence electrons. The number of rotatable bonds is 10. The first kappa shape index (κ1) is 21.8. The number of nitrogens with zero attached hydrogens (tertiary/aromatic N) is 1. The van der Waals surface area contributed by atoms with Crippen molar-refractivity contribution in [1.29, 1.82) is 0 Å². The van der Waals surface area contributed by atoms with Gasteiger partial charge in [0, 0.05) is 31.9 Å². The van der Waals surface area contributed by atoms with E-state index in [2.05, 4.69) is 15.6 Å². The third-order valence-corrected chi connectivity index (χ3v) is 3.86. The molecule has 0 saturated heterocycles. The first-order chi connectivity index (χ1) is 11.7. The Balaban J connectivity index is 0.00000312. The Hall–Kier alpha value is -1.22. The van der Waals surface area contributed by atoms with Crippen LogP contribution in [-0.2, 0) is 11.3 Å². The maximum Gasteiger partial charge on any atom is 0.191 e. The molecule has 25 heavy (non-hydrogen) atoms. The zero-order chi connectivity index (χ0) is 17.2. The topological polar surface area (TPSA) is 75.1 Å². The van der Waals surface area contributed by atoms with Crippen molar-refractivity contribution in [2.75, 3.05) is 33.4 Å². The number of nitrogens with one attached hydrogen (secondary N) is 2. The molecule has 0 aromatic heterocycles. The van der Waals surface area contributed by atoms with Gasteiger partial charge in [0.2, 0.25) is 0 Å². The summed E-state index contributed by atoms with van der Waals surface area (Å²) in [5, 5.41) is 16.6. The number of phenolic OH excluding ortho intramolecular Hbond substituents is 1. The van der Waals surface area contributed by atoms with Crippen LogP contribution >= 0.6 is 24.0 Å². The van der Waals surface area contributed by atoms with Crippen LogP contribution in [0.5, 0.6) is 11.5 Å². The highest BCUT2D eigenvalue weighted by Crippen LogP contribution is 2.30. The van der Waals surface area contributed by atoms with E-state index in [1.165, 1.54) is 12.8 Å². The Kier molecular flexibility index (Phi) is 10.6. The third kappa shape index (κ3) is 8.13. The fourth-order valence-electron chi connectivity index (χ4n) is 2.28. The summed E-state index contributed by atoms with van der Waals surface area (Å²) >= 11 is 0. The minimum atomic E-state index is 0. The maximum atomic E-state index is 10.1. The SMILES string of the molecule is CCNC(=NCc1cccc(OC)c1O)NCCCOCC1CC1.I. The van der Waals surface area contributed by atoms with E-state index in [1.54, 1.807) is 13.2 Å². The average Bonchev–Trinajstić information content (AvgIpc) is 3.41. The van der Waals surface area contributed by atoms with E-state index in [4.69, 9.17) is 9.47 Å². The number of hydrogen-bond donors (Lipinski definition) is 3. The van der Waals surface area contributed by atoms with Gasteiger partial charge in [0.05, 0.1) is 13.7 Å². The molecule has 0 bridgehead atoms. The molecule has 0 heterocycles. The summed E-state index contributed by atoms with van der Waals surface area (Å²) in [5.41, 5.74) is 0.735. The summed E-state index contributed by atoms with van der Waals surface area (Å²) in [5.74, 6) is 2.16. The zero-order valence-corrected chi connectivity index (χ0v) is 17.4. The van der Waals surface area contributed by atoms with E-state index in [0.717, 1.165) is 50.2 Å². The molecule has 1 saturated carbocycles. The highest BCUT2D eigenvalue weighted by molar-refractivity contribution is 14.0. The van der Waals surface area contributed by atoms with E-state index in [0.29, 0.717) is 12.3 Å². The highest BCUT2D eigenvalue weighted by atomic mass is 127. The van der Waals surface area contributed by atoms with E-state index >= 15 is 0 Å². The number of halogens is 1. The maximum absolute atomic E-state index is 10.1. The first-order valence-corrected chi connectivity index (χ1v) is 8.69. The van der Waals surface area contributed by atoms with Crippen LogP contribution in [-0.4, -0.2) is 44.5 Å². The monoisotopic (exact) mass is 463 g/mol. The van der Waals surface area contributed by atoms with Crippen molar-refractivity contribution in [3.63, 3.8) is 0 Å². The van der Waals surface area contributed by atoms with Crippen LogP contribution in [0.1, 0.15) is 31.7 Å². The van der Waals surface area contributed by atoms with Crippen molar-refractivity contribution in [2.24, 2.45) is 10.9 Å². The average molecular weight is 463 g/mol. The predicted molar refractivity (Wildman–Crippen MR) is 111 cm³/mol. The Morgan fingerprint density at radius 2 is 2.12 bits per heavy atom. The number of hydrogen-bond acceptors (Lipinski definition) is 4. The molecule has 1 aliphatic carbocycles. The molecule has 0 radical (unpaired) electrons. The van der Waals surface area contributed by atoms with E-state index in [1.807, 2.05) is 19.1 Å². The van der Waals surface area contributed by atoms with Crippen LogP contribution in [0.25, 0.3) is 0 Å². The van der Waals surface area contributed by atoms with Gasteiger partial charge in [-0.2, -0.15) is 0 Å². The molecule has 1 aliphatic rings. The van der Waals surface area contributed by atoms with Gasteiger partial charge in [-0.25, -0.2) is 4.99 Å². The van der Waals surface area contributed by atoms with Crippen LogP contribution < -0.4 is 15.4 Å². The summed E-state index contributed by atoms with van der Waals surface area (Å²) < 4.78 is 10.7. The summed E-state index contributed by atoms with van der Waals surface area (Å²) in [4.78, 5) is 4.51. The van der Waals surface area contributed by atoms with E-state index in [9.17, 15) is 5.11 Å². The van der Waals surface area contributed by atoms with E-state index < -0.39 is 0 Å². The van der Waals surface area contributed by atoms with Crippen molar-refractivity contribution in [1.82, 2.24) is 10.6 Å². The third-order valence-electron chi connectivity index (χ3n) is 3.86. The van der Waals surface area contributed by atoms with Gasteiger partial charge in [-0.15, -0.1) is 24.0 Å². The molecular weight excluding hydrogens is 433 g/mol. The minimum absolute atomic E-state index is 0. The molecule has 1 aromatic rings. The standard InChI is InChI=1S/C18H29N3O3.HI/c1-3-19-18(20-10-5-11-24-13-14-8-9-14)21-12-15-6-4-7-16(23-2)17(15)22;/h4,6-7,14,22H,3,5,8-13H2,1-2H3,(H2,19,20,21);1H. The quantitative estimate of drug-likeness (QED) is 0.215. The van der Waals surface area contributed by atoms with Gasteiger partial charge in [0.25, 0.3) is 0 Å². The van der Waals surface area contributed by atoms with Gasteiger partial charge in [-0.1, -0.05) is 12.1 Å². The summed E-state index contributed by atoms with van der Waals surface area (Å²) in [6.45, 7) is 5.69. The smallest absolute Gasteiger partial charge is 0.191 e. The second-order valence-electron chi connectivity index (χ2n) is 5.96. The molecule has 1 fully saturated rings. The van der Waals surface area contributed by atoms with Gasteiger partial charge in [0.1, 0.15) is 0 Å². The Morgan fingerprint density at radius 3 is 2.80 bits per heavy atom. The first-order valence-electron chi connectivity index (χ1n) is 8.69. The van der Waals surface area contributed by atoms with Gasteiger partial charge in [-0.3, -0.25) is 0 Å². The molecule has 0 spiro atoms. The van der Waals surface area contributed by atoms with Crippen LogP contribution in [0, 0.1) is 5.92 Å². The van der Waals surface area contributed by atoms with Crippen LogP contribution in [0.4, 0.5) is 0 Å². The second kappa shape index (κ2) is 12.2. The molecule has 0 amide bonds. The lowest BCUT2D eigenvalue weighted by atomic mass is 10.2. The summed E-state index contributed by atoms with van der Waals surface area (Å²) in [6.07, 6.45) is 3.60. The van der Waals surface area contributed by atoms with Crippen molar-refractivity contribution >= 4 is 29.9 Å². The largest absolute Gasteiger partial charge is 0.504 e. The van der Waals surface area contributed by atoms with Gasteiger partial charge < -0.3 is 25.2 Å². The normalized spacial score (nSPS) is 13.9. The lowest BCUT2D eigenvalue weighted by molar-refractivity contribution is 0.123.